The van der Waals surface area contributed by atoms with Gasteiger partial charge in [0.05, 0.1) is 19.3 Å². The van der Waals surface area contributed by atoms with E-state index in [1.165, 1.54) is 7.11 Å². The number of phenolic OH excluding ortho intramolecular Hbond substituents is 1. The fraction of sp³-hybridized carbons (Fsp3) is 0.444. The summed E-state index contributed by atoms with van der Waals surface area (Å²) in [6.07, 6.45) is 0. The summed E-state index contributed by atoms with van der Waals surface area (Å²) in [5.74, 6) is 1.27. The van der Waals surface area contributed by atoms with E-state index in [2.05, 4.69) is 27.6 Å². The minimum Gasteiger partial charge on any atom is -0.504 e. The maximum atomic E-state index is 10.2. The second-order valence-corrected chi connectivity index (χ2v) is 5.79. The van der Waals surface area contributed by atoms with Crippen LogP contribution in [0.3, 0.4) is 0 Å². The molecule has 136 valence electrons. The molecule has 2 aromatic rings. The number of aryl methyl sites for hydroxylation is 2. The number of hydrogen-bond acceptors (Lipinski definition) is 4. The normalized spacial score (nSPS) is 11.5. The summed E-state index contributed by atoms with van der Waals surface area (Å²) < 4.78 is 7.01. The zero-order valence-electron chi connectivity index (χ0n) is 15.6. The first kappa shape index (κ1) is 18.6. The molecular formula is C18H27N5O2. The fourth-order valence-electron chi connectivity index (χ4n) is 2.61. The van der Waals surface area contributed by atoms with E-state index in [1.54, 1.807) is 6.07 Å². The third-order valence-corrected chi connectivity index (χ3v) is 4.15. The highest BCUT2D eigenvalue weighted by atomic mass is 16.5. The van der Waals surface area contributed by atoms with Crippen molar-refractivity contribution in [2.45, 2.75) is 33.9 Å². The Morgan fingerprint density at radius 3 is 2.68 bits per heavy atom. The zero-order chi connectivity index (χ0) is 18.4. The molecule has 0 aliphatic carbocycles. The largest absolute Gasteiger partial charge is 0.504 e. The van der Waals surface area contributed by atoms with Crippen LogP contribution in [0.2, 0.25) is 0 Å². The number of nitrogens with zero attached hydrogens (tertiary/aromatic N) is 3. The molecule has 0 unspecified atom stereocenters. The number of aliphatic imine (C=N–C) groups is 1. The van der Waals surface area contributed by atoms with E-state index in [9.17, 15) is 5.11 Å². The molecule has 1 heterocycles. The number of ether oxygens (including phenoxy) is 1. The summed E-state index contributed by atoms with van der Waals surface area (Å²) in [6.45, 7) is 7.81. The first-order valence-electron chi connectivity index (χ1n) is 8.34. The molecule has 1 aromatic carbocycles. The van der Waals surface area contributed by atoms with Gasteiger partial charge < -0.3 is 20.5 Å². The number of guanidine groups is 1. The molecule has 0 spiro atoms. The van der Waals surface area contributed by atoms with Gasteiger partial charge in [-0.2, -0.15) is 5.10 Å². The van der Waals surface area contributed by atoms with Gasteiger partial charge in [0, 0.05) is 37.0 Å². The topological polar surface area (TPSA) is 83.7 Å². The highest BCUT2D eigenvalue weighted by molar-refractivity contribution is 5.79. The van der Waals surface area contributed by atoms with Crippen molar-refractivity contribution < 1.29 is 9.84 Å². The Kier molecular flexibility index (Phi) is 6.27. The van der Waals surface area contributed by atoms with Gasteiger partial charge in [0.15, 0.2) is 17.5 Å². The van der Waals surface area contributed by atoms with E-state index in [1.807, 2.05) is 37.7 Å². The molecule has 0 aliphatic heterocycles. The molecule has 0 saturated heterocycles. The van der Waals surface area contributed by atoms with Crippen LogP contribution in [0.15, 0.2) is 23.2 Å². The number of nitrogens with one attached hydrogen (secondary N) is 2. The second-order valence-electron chi connectivity index (χ2n) is 5.79. The molecule has 7 heteroatoms. The second kappa shape index (κ2) is 8.41. The van der Waals surface area contributed by atoms with Crippen LogP contribution in [0.1, 0.15) is 29.4 Å². The highest BCUT2D eigenvalue weighted by Crippen LogP contribution is 2.29. The zero-order valence-corrected chi connectivity index (χ0v) is 15.6. The quantitative estimate of drug-likeness (QED) is 0.551. The predicted molar refractivity (Wildman–Crippen MR) is 99.0 cm³/mol. The molecule has 0 atom stereocenters. The van der Waals surface area contributed by atoms with Crippen molar-refractivity contribution in [2.24, 2.45) is 12.0 Å². The first-order valence-corrected chi connectivity index (χ1v) is 8.34. The predicted octanol–water partition coefficient (Wildman–Crippen LogP) is 2.01. The van der Waals surface area contributed by atoms with Crippen molar-refractivity contribution >= 4 is 5.96 Å². The molecule has 2 rings (SSSR count). The van der Waals surface area contributed by atoms with Crippen molar-refractivity contribution in [1.29, 1.82) is 0 Å². The van der Waals surface area contributed by atoms with Crippen LogP contribution in [0, 0.1) is 13.8 Å². The van der Waals surface area contributed by atoms with E-state index in [4.69, 9.17) is 4.74 Å². The average molecular weight is 345 g/mol. The van der Waals surface area contributed by atoms with Crippen LogP contribution < -0.4 is 15.4 Å². The number of benzene rings is 1. The Hall–Kier alpha value is -2.70. The van der Waals surface area contributed by atoms with Crippen molar-refractivity contribution in [3.63, 3.8) is 0 Å². The molecule has 1 aromatic heterocycles. The van der Waals surface area contributed by atoms with Crippen LogP contribution in [-0.4, -0.2) is 34.5 Å². The Bertz CT molecular complexity index is 752. The van der Waals surface area contributed by atoms with Gasteiger partial charge in [0.1, 0.15) is 0 Å². The molecule has 0 amide bonds. The summed E-state index contributed by atoms with van der Waals surface area (Å²) in [7, 11) is 3.48. The molecule has 0 aliphatic rings. The molecule has 0 bridgehead atoms. The Balaban J connectivity index is 2.11. The van der Waals surface area contributed by atoms with E-state index >= 15 is 0 Å². The molecule has 7 nitrogen and oxygen atoms in total. The van der Waals surface area contributed by atoms with Crippen molar-refractivity contribution in [3.05, 3.63) is 40.7 Å². The molecule has 25 heavy (non-hydrogen) atoms. The average Bonchev–Trinajstić information content (AvgIpc) is 2.83. The van der Waals surface area contributed by atoms with Crippen molar-refractivity contribution in [2.75, 3.05) is 13.7 Å². The fourth-order valence-corrected chi connectivity index (χ4v) is 2.61. The third kappa shape index (κ3) is 4.43. The molecular weight excluding hydrogens is 318 g/mol. The smallest absolute Gasteiger partial charge is 0.191 e. The third-order valence-electron chi connectivity index (χ3n) is 4.15. The monoisotopic (exact) mass is 345 g/mol. The lowest BCUT2D eigenvalue weighted by Gasteiger charge is -2.12. The van der Waals surface area contributed by atoms with Gasteiger partial charge in [-0.05, 0) is 26.8 Å². The van der Waals surface area contributed by atoms with E-state index < -0.39 is 0 Å². The van der Waals surface area contributed by atoms with Crippen molar-refractivity contribution in [1.82, 2.24) is 20.4 Å². The number of aromatic nitrogens is 2. The van der Waals surface area contributed by atoms with Gasteiger partial charge in [0.2, 0.25) is 0 Å². The molecule has 3 N–H and O–H groups in total. The van der Waals surface area contributed by atoms with Gasteiger partial charge >= 0.3 is 0 Å². The van der Waals surface area contributed by atoms with Gasteiger partial charge in [0.25, 0.3) is 0 Å². The molecule has 0 saturated carbocycles. The van der Waals surface area contributed by atoms with E-state index in [-0.39, 0.29) is 5.75 Å². The molecule has 0 radical (unpaired) electrons. The van der Waals surface area contributed by atoms with Gasteiger partial charge in [-0.3, -0.25) is 4.68 Å². The summed E-state index contributed by atoms with van der Waals surface area (Å²) in [4.78, 5) is 4.55. The molecule has 0 fully saturated rings. The van der Waals surface area contributed by atoms with Gasteiger partial charge in [-0.25, -0.2) is 4.99 Å². The van der Waals surface area contributed by atoms with E-state index in [0.717, 1.165) is 23.5 Å². The minimum atomic E-state index is 0.128. The van der Waals surface area contributed by atoms with Crippen LogP contribution >= 0.6 is 0 Å². The number of hydrogen-bond donors (Lipinski definition) is 3. The summed E-state index contributed by atoms with van der Waals surface area (Å²) in [6, 6.07) is 5.40. The lowest BCUT2D eigenvalue weighted by Crippen LogP contribution is -2.37. The van der Waals surface area contributed by atoms with Crippen LogP contribution in [0.5, 0.6) is 11.5 Å². The first-order chi connectivity index (χ1) is 12.0. The summed E-state index contributed by atoms with van der Waals surface area (Å²) >= 11 is 0. The number of para-hydroxylation sites is 1. The van der Waals surface area contributed by atoms with Gasteiger partial charge in [-0.1, -0.05) is 12.1 Å². The number of rotatable bonds is 6. The lowest BCUT2D eigenvalue weighted by atomic mass is 10.2. The summed E-state index contributed by atoms with van der Waals surface area (Å²) in [5.41, 5.74) is 4.02. The highest BCUT2D eigenvalue weighted by Gasteiger charge is 2.10. The van der Waals surface area contributed by atoms with Crippen molar-refractivity contribution in [3.8, 4) is 11.5 Å². The standard InChI is InChI=1S/C18H27N5O2/c1-6-19-18(21-11-15-12(2)22-23(4)13(15)3)20-10-14-8-7-9-16(25-5)17(14)24/h7-9,24H,6,10-11H2,1-5H3,(H2,19,20,21). The Morgan fingerprint density at radius 1 is 1.32 bits per heavy atom. The van der Waals surface area contributed by atoms with E-state index in [0.29, 0.717) is 30.4 Å². The van der Waals surface area contributed by atoms with Gasteiger partial charge in [-0.15, -0.1) is 0 Å². The minimum absolute atomic E-state index is 0.128. The SMILES string of the molecule is CCNC(=NCc1cccc(OC)c1O)NCc1c(C)nn(C)c1C. The maximum Gasteiger partial charge on any atom is 0.191 e. The van der Waals surface area contributed by atoms with Crippen LogP contribution in [-0.2, 0) is 20.1 Å². The lowest BCUT2D eigenvalue weighted by molar-refractivity contribution is 0.370. The number of aromatic hydroxyl groups is 1. The Labute approximate surface area is 148 Å². The van der Waals surface area contributed by atoms with Crippen LogP contribution in [0.25, 0.3) is 0 Å². The number of methoxy groups -OCH3 is 1. The number of phenols is 1. The Morgan fingerprint density at radius 2 is 2.08 bits per heavy atom. The van der Waals surface area contributed by atoms with Crippen LogP contribution in [0.4, 0.5) is 0 Å². The summed E-state index contributed by atoms with van der Waals surface area (Å²) in [5, 5.41) is 21.1. The maximum absolute atomic E-state index is 10.2.